The van der Waals surface area contributed by atoms with Crippen LogP contribution in [0.15, 0.2) is 47.4 Å². The molecular formula is C15H16ClNOS. The van der Waals surface area contributed by atoms with Gasteiger partial charge >= 0.3 is 0 Å². The van der Waals surface area contributed by atoms with Crippen LogP contribution in [-0.4, -0.2) is 6.61 Å². The van der Waals surface area contributed by atoms with Gasteiger partial charge in [0.15, 0.2) is 0 Å². The topological polar surface area (TPSA) is 35.2 Å². The second kappa shape index (κ2) is 6.73. The van der Waals surface area contributed by atoms with E-state index in [0.717, 1.165) is 16.4 Å². The average molecular weight is 294 g/mol. The molecule has 2 N–H and O–H groups in total. The first-order chi connectivity index (χ1) is 9.20. The highest BCUT2D eigenvalue weighted by atomic mass is 35.5. The minimum atomic E-state index is 0.600. The zero-order valence-corrected chi connectivity index (χ0v) is 12.3. The van der Waals surface area contributed by atoms with Gasteiger partial charge in [-0.05, 0) is 31.2 Å². The molecule has 0 heterocycles. The number of hydrogen-bond donors (Lipinski definition) is 1. The lowest BCUT2D eigenvalue weighted by Crippen LogP contribution is -1.95. The van der Waals surface area contributed by atoms with Gasteiger partial charge in [0.1, 0.15) is 5.75 Å². The van der Waals surface area contributed by atoms with Crippen molar-refractivity contribution in [1.29, 1.82) is 0 Å². The molecular weight excluding hydrogens is 278 g/mol. The van der Waals surface area contributed by atoms with Gasteiger partial charge < -0.3 is 10.5 Å². The summed E-state index contributed by atoms with van der Waals surface area (Å²) in [6, 6.07) is 13.8. The maximum absolute atomic E-state index is 6.01. The number of nitrogens with two attached hydrogens (primary N) is 1. The van der Waals surface area contributed by atoms with Gasteiger partial charge in [-0.15, -0.1) is 11.8 Å². The molecule has 0 fully saturated rings. The Labute approximate surface area is 122 Å². The molecule has 0 bridgehead atoms. The minimum absolute atomic E-state index is 0.600. The van der Waals surface area contributed by atoms with Crippen LogP contribution in [0.2, 0.25) is 5.02 Å². The molecule has 0 aliphatic heterocycles. The van der Waals surface area contributed by atoms with E-state index in [0.29, 0.717) is 17.3 Å². The predicted octanol–water partition coefficient (Wildman–Crippen LogP) is 4.61. The first-order valence-electron chi connectivity index (χ1n) is 6.09. The van der Waals surface area contributed by atoms with E-state index in [1.807, 2.05) is 43.3 Å². The molecule has 2 aromatic carbocycles. The average Bonchev–Trinajstić information content (AvgIpc) is 2.42. The largest absolute Gasteiger partial charge is 0.494 e. The van der Waals surface area contributed by atoms with Crippen molar-refractivity contribution in [2.24, 2.45) is 0 Å². The number of nitrogen functional groups attached to an aromatic ring is 1. The van der Waals surface area contributed by atoms with Crippen LogP contribution in [0.5, 0.6) is 5.75 Å². The first kappa shape index (κ1) is 14.1. The maximum Gasteiger partial charge on any atom is 0.123 e. The number of hydrogen-bond acceptors (Lipinski definition) is 3. The first-order valence-corrected chi connectivity index (χ1v) is 7.45. The number of anilines is 1. The number of halogens is 1. The van der Waals surface area contributed by atoms with Crippen molar-refractivity contribution in [3.63, 3.8) is 0 Å². The summed E-state index contributed by atoms with van der Waals surface area (Å²) in [5.41, 5.74) is 7.49. The van der Waals surface area contributed by atoms with Crippen LogP contribution in [0.25, 0.3) is 0 Å². The third-order valence-electron chi connectivity index (χ3n) is 2.64. The van der Waals surface area contributed by atoms with E-state index in [4.69, 9.17) is 22.1 Å². The lowest BCUT2D eigenvalue weighted by atomic mass is 10.2. The highest BCUT2D eigenvalue weighted by molar-refractivity contribution is 7.98. The number of rotatable bonds is 5. The normalized spacial score (nSPS) is 10.4. The molecule has 2 rings (SSSR count). The molecule has 100 valence electrons. The van der Waals surface area contributed by atoms with E-state index in [2.05, 4.69) is 6.07 Å². The fourth-order valence-electron chi connectivity index (χ4n) is 1.68. The molecule has 0 amide bonds. The Morgan fingerprint density at radius 2 is 2.00 bits per heavy atom. The molecule has 0 aliphatic carbocycles. The van der Waals surface area contributed by atoms with Crippen LogP contribution in [0.1, 0.15) is 12.5 Å². The molecule has 2 nitrogen and oxygen atoms in total. The van der Waals surface area contributed by atoms with Crippen molar-refractivity contribution in [3.05, 3.63) is 53.1 Å². The summed E-state index contributed by atoms with van der Waals surface area (Å²) >= 11 is 7.73. The maximum atomic E-state index is 6.01. The number of benzene rings is 2. The summed E-state index contributed by atoms with van der Waals surface area (Å²) in [4.78, 5) is 1.10. The van der Waals surface area contributed by atoms with E-state index < -0.39 is 0 Å². The highest BCUT2D eigenvalue weighted by Crippen LogP contribution is 2.31. The third-order valence-corrected chi connectivity index (χ3v) is 4.01. The van der Waals surface area contributed by atoms with Crippen molar-refractivity contribution in [2.45, 2.75) is 17.6 Å². The SMILES string of the molecule is CCOc1ccccc1CSc1ccc(N)c(Cl)c1. The monoisotopic (exact) mass is 293 g/mol. The fourth-order valence-corrected chi connectivity index (χ4v) is 2.85. The summed E-state index contributed by atoms with van der Waals surface area (Å²) in [5, 5.41) is 0.600. The third kappa shape index (κ3) is 3.82. The summed E-state index contributed by atoms with van der Waals surface area (Å²) < 4.78 is 5.61. The minimum Gasteiger partial charge on any atom is -0.494 e. The van der Waals surface area contributed by atoms with Crippen LogP contribution in [0.4, 0.5) is 5.69 Å². The molecule has 19 heavy (non-hydrogen) atoms. The molecule has 0 radical (unpaired) electrons. The van der Waals surface area contributed by atoms with E-state index >= 15 is 0 Å². The Balaban J connectivity index is 2.07. The summed E-state index contributed by atoms with van der Waals surface area (Å²) in [7, 11) is 0. The fraction of sp³-hybridized carbons (Fsp3) is 0.200. The number of para-hydroxylation sites is 1. The van der Waals surface area contributed by atoms with Crippen LogP contribution in [0, 0.1) is 0 Å². The molecule has 2 aromatic rings. The summed E-state index contributed by atoms with van der Waals surface area (Å²) in [6.07, 6.45) is 0. The molecule has 0 spiro atoms. The van der Waals surface area contributed by atoms with Crippen molar-refractivity contribution >= 4 is 29.1 Å². The second-order valence-electron chi connectivity index (χ2n) is 4.01. The molecule has 0 atom stereocenters. The molecule has 0 unspecified atom stereocenters. The number of thioether (sulfide) groups is 1. The smallest absolute Gasteiger partial charge is 0.123 e. The van der Waals surface area contributed by atoms with Crippen LogP contribution in [-0.2, 0) is 5.75 Å². The van der Waals surface area contributed by atoms with Gasteiger partial charge in [0, 0.05) is 16.2 Å². The Morgan fingerprint density at radius 1 is 1.21 bits per heavy atom. The zero-order chi connectivity index (χ0) is 13.7. The Hall–Kier alpha value is -1.32. The lowest BCUT2D eigenvalue weighted by Gasteiger charge is -2.10. The van der Waals surface area contributed by atoms with Gasteiger partial charge in [-0.25, -0.2) is 0 Å². The van der Waals surface area contributed by atoms with Crippen LogP contribution < -0.4 is 10.5 Å². The van der Waals surface area contributed by atoms with Gasteiger partial charge in [0.2, 0.25) is 0 Å². The Morgan fingerprint density at radius 3 is 2.74 bits per heavy atom. The standard InChI is InChI=1S/C15H16ClNOS/c1-2-18-15-6-4-3-5-11(15)10-19-12-7-8-14(17)13(16)9-12/h3-9H,2,10,17H2,1H3. The van der Waals surface area contributed by atoms with E-state index in [9.17, 15) is 0 Å². The van der Waals surface area contributed by atoms with Crippen LogP contribution >= 0.6 is 23.4 Å². The van der Waals surface area contributed by atoms with Gasteiger partial charge in [0.25, 0.3) is 0 Å². The summed E-state index contributed by atoms with van der Waals surface area (Å²) in [5.74, 6) is 1.79. The number of ether oxygens (including phenoxy) is 1. The Kier molecular flexibility index (Phi) is 5.00. The van der Waals surface area contributed by atoms with E-state index in [-0.39, 0.29) is 0 Å². The van der Waals surface area contributed by atoms with E-state index in [1.54, 1.807) is 11.8 Å². The van der Waals surface area contributed by atoms with Gasteiger partial charge in [0.05, 0.1) is 17.3 Å². The molecule has 0 saturated heterocycles. The lowest BCUT2D eigenvalue weighted by molar-refractivity contribution is 0.337. The zero-order valence-electron chi connectivity index (χ0n) is 10.7. The van der Waals surface area contributed by atoms with Crippen molar-refractivity contribution < 1.29 is 4.74 Å². The second-order valence-corrected chi connectivity index (χ2v) is 5.47. The molecule has 0 aliphatic rings. The van der Waals surface area contributed by atoms with Gasteiger partial charge in [-0.2, -0.15) is 0 Å². The van der Waals surface area contributed by atoms with Crippen molar-refractivity contribution in [2.75, 3.05) is 12.3 Å². The molecule has 4 heteroatoms. The summed E-state index contributed by atoms with van der Waals surface area (Å²) in [6.45, 7) is 2.67. The Bertz CT molecular complexity index is 560. The van der Waals surface area contributed by atoms with Crippen molar-refractivity contribution in [1.82, 2.24) is 0 Å². The van der Waals surface area contributed by atoms with Crippen molar-refractivity contribution in [3.8, 4) is 5.75 Å². The van der Waals surface area contributed by atoms with Gasteiger partial charge in [-0.3, -0.25) is 0 Å². The molecule has 0 aromatic heterocycles. The highest BCUT2D eigenvalue weighted by Gasteiger charge is 2.04. The quantitative estimate of drug-likeness (QED) is 0.646. The predicted molar refractivity (Wildman–Crippen MR) is 83.0 cm³/mol. The van der Waals surface area contributed by atoms with Crippen LogP contribution in [0.3, 0.4) is 0 Å². The van der Waals surface area contributed by atoms with E-state index in [1.165, 1.54) is 5.56 Å². The van der Waals surface area contributed by atoms with Gasteiger partial charge in [-0.1, -0.05) is 29.8 Å². The molecule has 0 saturated carbocycles.